The average molecular weight is 195 g/mol. The van der Waals surface area contributed by atoms with Crippen molar-refractivity contribution < 1.29 is 9.50 Å². The van der Waals surface area contributed by atoms with Crippen LogP contribution in [-0.4, -0.2) is 11.7 Å². The number of benzene rings is 1. The van der Waals surface area contributed by atoms with E-state index in [0.29, 0.717) is 5.56 Å². The Balaban J connectivity index is 2.40. The molecule has 1 aliphatic heterocycles. The van der Waals surface area contributed by atoms with Crippen molar-refractivity contribution in [2.24, 2.45) is 0 Å². The summed E-state index contributed by atoms with van der Waals surface area (Å²) in [4.78, 5) is 0. The molecule has 0 saturated carbocycles. The highest BCUT2D eigenvalue weighted by Gasteiger charge is 2.22. The van der Waals surface area contributed by atoms with Crippen LogP contribution in [0.25, 0.3) is 0 Å². The number of aliphatic hydroxyl groups excluding tert-OH is 1. The molecule has 1 aromatic rings. The van der Waals surface area contributed by atoms with Crippen molar-refractivity contribution >= 4 is 0 Å². The number of aliphatic hydroxyl groups is 1. The van der Waals surface area contributed by atoms with Gasteiger partial charge in [-0.15, -0.1) is 0 Å². The Labute approximate surface area is 82.8 Å². The minimum Gasteiger partial charge on any atom is -0.392 e. The Morgan fingerprint density at radius 1 is 1.57 bits per heavy atom. The number of halogens is 1. The first-order valence-corrected chi connectivity index (χ1v) is 4.85. The summed E-state index contributed by atoms with van der Waals surface area (Å²) in [6, 6.07) is 3.50. The van der Waals surface area contributed by atoms with Gasteiger partial charge < -0.3 is 10.4 Å². The molecule has 0 bridgehead atoms. The fourth-order valence-corrected chi connectivity index (χ4v) is 1.77. The van der Waals surface area contributed by atoms with Gasteiger partial charge in [-0.05, 0) is 42.6 Å². The molecule has 1 aliphatic rings. The summed E-state index contributed by atoms with van der Waals surface area (Å²) in [5, 5.41) is 12.4. The van der Waals surface area contributed by atoms with E-state index in [2.05, 4.69) is 5.32 Å². The highest BCUT2D eigenvalue weighted by molar-refractivity contribution is 5.35. The summed E-state index contributed by atoms with van der Waals surface area (Å²) < 4.78 is 13.3. The number of aryl methyl sites for hydroxylation is 1. The van der Waals surface area contributed by atoms with Gasteiger partial charge in [-0.3, -0.25) is 0 Å². The Kier molecular flexibility index (Phi) is 2.52. The van der Waals surface area contributed by atoms with Crippen molar-refractivity contribution in [3.63, 3.8) is 0 Å². The van der Waals surface area contributed by atoms with E-state index in [1.807, 2.05) is 0 Å². The van der Waals surface area contributed by atoms with Crippen molar-refractivity contribution in [3.05, 3.63) is 34.6 Å². The van der Waals surface area contributed by atoms with E-state index >= 15 is 0 Å². The van der Waals surface area contributed by atoms with Gasteiger partial charge in [0.15, 0.2) is 0 Å². The molecule has 0 radical (unpaired) electrons. The van der Waals surface area contributed by atoms with Crippen LogP contribution in [0, 0.1) is 12.7 Å². The van der Waals surface area contributed by atoms with Crippen LogP contribution in [0.2, 0.25) is 0 Å². The van der Waals surface area contributed by atoms with Gasteiger partial charge in [0.25, 0.3) is 0 Å². The lowest BCUT2D eigenvalue weighted by Crippen LogP contribution is -2.35. The van der Waals surface area contributed by atoms with Crippen LogP contribution in [0.1, 0.15) is 29.2 Å². The third-order valence-electron chi connectivity index (χ3n) is 2.79. The van der Waals surface area contributed by atoms with Crippen LogP contribution in [-0.2, 0) is 6.61 Å². The lowest BCUT2D eigenvalue weighted by molar-refractivity contribution is 0.275. The van der Waals surface area contributed by atoms with E-state index in [-0.39, 0.29) is 18.5 Å². The van der Waals surface area contributed by atoms with Crippen LogP contribution < -0.4 is 5.32 Å². The molecule has 2 rings (SSSR count). The van der Waals surface area contributed by atoms with Gasteiger partial charge in [0.2, 0.25) is 0 Å². The standard InChI is InChI=1S/C11H14FNO/c1-7-4-8(6-14)9(5-10(7)12)11-2-3-13-11/h4-5,11,13-14H,2-3,6H2,1H3. The third-order valence-corrected chi connectivity index (χ3v) is 2.79. The zero-order chi connectivity index (χ0) is 10.1. The predicted molar refractivity (Wildman–Crippen MR) is 52.4 cm³/mol. The lowest BCUT2D eigenvalue weighted by atomic mass is 9.92. The van der Waals surface area contributed by atoms with E-state index in [9.17, 15) is 4.39 Å². The Morgan fingerprint density at radius 2 is 2.29 bits per heavy atom. The molecule has 14 heavy (non-hydrogen) atoms. The zero-order valence-corrected chi connectivity index (χ0v) is 8.18. The van der Waals surface area contributed by atoms with Crippen LogP contribution >= 0.6 is 0 Å². The molecule has 0 spiro atoms. The molecular formula is C11H14FNO. The fraction of sp³-hybridized carbons (Fsp3) is 0.455. The van der Waals surface area contributed by atoms with Crippen LogP contribution in [0.3, 0.4) is 0 Å². The summed E-state index contributed by atoms with van der Waals surface area (Å²) in [5.41, 5.74) is 2.33. The molecule has 3 heteroatoms. The maximum atomic E-state index is 13.3. The maximum absolute atomic E-state index is 13.3. The van der Waals surface area contributed by atoms with Crippen molar-refractivity contribution in [2.45, 2.75) is 26.0 Å². The summed E-state index contributed by atoms with van der Waals surface area (Å²) in [5.74, 6) is -0.189. The van der Waals surface area contributed by atoms with Gasteiger partial charge in [0.1, 0.15) is 5.82 Å². The first-order valence-electron chi connectivity index (χ1n) is 4.85. The SMILES string of the molecule is Cc1cc(CO)c(C2CCN2)cc1F. The molecule has 1 unspecified atom stereocenters. The van der Waals surface area contributed by atoms with Gasteiger partial charge in [-0.2, -0.15) is 0 Å². The molecule has 1 aromatic carbocycles. The van der Waals surface area contributed by atoms with Gasteiger partial charge in [0, 0.05) is 6.04 Å². The second-order valence-electron chi connectivity index (χ2n) is 3.75. The number of hydrogen-bond donors (Lipinski definition) is 2. The Bertz CT molecular complexity index is 347. The van der Waals surface area contributed by atoms with Gasteiger partial charge in [0.05, 0.1) is 6.61 Å². The molecule has 0 aliphatic carbocycles. The van der Waals surface area contributed by atoms with Crippen LogP contribution in [0.5, 0.6) is 0 Å². The lowest BCUT2D eigenvalue weighted by Gasteiger charge is -2.29. The number of rotatable bonds is 2. The minimum atomic E-state index is -0.189. The Hall–Kier alpha value is -0.930. The molecule has 1 heterocycles. The molecule has 1 saturated heterocycles. The summed E-state index contributed by atoms with van der Waals surface area (Å²) in [6.07, 6.45) is 1.02. The Morgan fingerprint density at radius 3 is 2.79 bits per heavy atom. The molecule has 2 N–H and O–H groups in total. The minimum absolute atomic E-state index is 0.0192. The second kappa shape index (κ2) is 3.67. The second-order valence-corrected chi connectivity index (χ2v) is 3.75. The quantitative estimate of drug-likeness (QED) is 0.752. The molecule has 2 nitrogen and oxygen atoms in total. The number of hydrogen-bond acceptors (Lipinski definition) is 2. The highest BCUT2D eigenvalue weighted by atomic mass is 19.1. The predicted octanol–water partition coefficient (Wildman–Crippen LogP) is 1.66. The molecule has 0 aromatic heterocycles. The van der Waals surface area contributed by atoms with Crippen molar-refractivity contribution in [1.82, 2.24) is 5.32 Å². The van der Waals surface area contributed by atoms with E-state index < -0.39 is 0 Å². The normalized spacial score (nSPS) is 20.6. The molecule has 1 fully saturated rings. The molecule has 0 amide bonds. The van der Waals surface area contributed by atoms with Crippen LogP contribution in [0.4, 0.5) is 4.39 Å². The first kappa shape index (κ1) is 9.62. The molecular weight excluding hydrogens is 181 g/mol. The summed E-state index contributed by atoms with van der Waals surface area (Å²) in [6.45, 7) is 2.67. The van der Waals surface area contributed by atoms with Crippen molar-refractivity contribution in [3.8, 4) is 0 Å². The maximum Gasteiger partial charge on any atom is 0.126 e. The number of nitrogens with one attached hydrogen (secondary N) is 1. The van der Waals surface area contributed by atoms with E-state index in [4.69, 9.17) is 5.11 Å². The topological polar surface area (TPSA) is 32.3 Å². The van der Waals surface area contributed by atoms with Crippen molar-refractivity contribution in [1.29, 1.82) is 0 Å². The third kappa shape index (κ3) is 1.53. The van der Waals surface area contributed by atoms with Crippen LogP contribution in [0.15, 0.2) is 12.1 Å². The van der Waals surface area contributed by atoms with Gasteiger partial charge in [-0.1, -0.05) is 6.07 Å². The summed E-state index contributed by atoms with van der Waals surface area (Å²) >= 11 is 0. The van der Waals surface area contributed by atoms with E-state index in [1.165, 1.54) is 6.07 Å². The largest absolute Gasteiger partial charge is 0.392 e. The smallest absolute Gasteiger partial charge is 0.126 e. The monoisotopic (exact) mass is 195 g/mol. The first-order chi connectivity index (χ1) is 6.72. The van der Waals surface area contributed by atoms with Gasteiger partial charge >= 0.3 is 0 Å². The van der Waals surface area contributed by atoms with Crippen molar-refractivity contribution in [2.75, 3.05) is 6.54 Å². The molecule has 76 valence electrons. The average Bonchev–Trinajstić information content (AvgIpc) is 2.08. The molecule has 1 atom stereocenters. The zero-order valence-electron chi connectivity index (χ0n) is 8.18. The van der Waals surface area contributed by atoms with E-state index in [1.54, 1.807) is 13.0 Å². The highest BCUT2D eigenvalue weighted by Crippen LogP contribution is 2.28. The summed E-state index contributed by atoms with van der Waals surface area (Å²) in [7, 11) is 0. The van der Waals surface area contributed by atoms with E-state index in [0.717, 1.165) is 24.1 Å². The van der Waals surface area contributed by atoms with Gasteiger partial charge in [-0.25, -0.2) is 4.39 Å². The fourth-order valence-electron chi connectivity index (χ4n) is 1.77.